The van der Waals surface area contributed by atoms with E-state index in [0.29, 0.717) is 17.3 Å². The fraction of sp³-hybridized carbons (Fsp3) is 0.238. The summed E-state index contributed by atoms with van der Waals surface area (Å²) < 4.78 is 1.91. The van der Waals surface area contributed by atoms with Crippen molar-refractivity contribution in [1.29, 1.82) is 0 Å². The van der Waals surface area contributed by atoms with Crippen molar-refractivity contribution in [3.05, 3.63) is 71.5 Å². The van der Waals surface area contributed by atoms with E-state index < -0.39 is 0 Å². The molecule has 1 aromatic heterocycles. The highest BCUT2D eigenvalue weighted by Crippen LogP contribution is 2.22. The van der Waals surface area contributed by atoms with Gasteiger partial charge in [-0.15, -0.1) is 10.2 Å². The molecule has 0 unspecified atom stereocenters. The predicted octanol–water partition coefficient (Wildman–Crippen LogP) is 2.60. The molecule has 0 aliphatic rings. The van der Waals surface area contributed by atoms with Crippen LogP contribution < -0.4 is 10.6 Å². The highest BCUT2D eigenvalue weighted by atomic mass is 32.2. The summed E-state index contributed by atoms with van der Waals surface area (Å²) >= 11 is 1.34. The zero-order valence-electron chi connectivity index (χ0n) is 16.4. The van der Waals surface area contributed by atoms with Gasteiger partial charge in [0.25, 0.3) is 5.91 Å². The Labute approximate surface area is 173 Å². The fourth-order valence-electron chi connectivity index (χ4n) is 2.88. The molecule has 0 bridgehead atoms. The molecule has 0 radical (unpaired) electrons. The topological polar surface area (TPSA) is 88.9 Å². The maximum absolute atomic E-state index is 12.3. The molecule has 0 saturated carbocycles. The first-order chi connectivity index (χ1) is 14.1. The van der Waals surface area contributed by atoms with Gasteiger partial charge in [0.15, 0.2) is 5.16 Å². The van der Waals surface area contributed by atoms with Crippen LogP contribution in [0.1, 0.15) is 28.4 Å². The second-order valence-corrected chi connectivity index (χ2v) is 7.25. The first kappa shape index (κ1) is 20.6. The number of hydrogen-bond acceptors (Lipinski definition) is 5. The minimum atomic E-state index is -0.152. The molecule has 3 aromatic rings. The molecule has 0 aliphatic heterocycles. The molecule has 29 heavy (non-hydrogen) atoms. The molecule has 2 aromatic carbocycles. The Morgan fingerprint density at radius 2 is 1.97 bits per heavy atom. The van der Waals surface area contributed by atoms with Crippen molar-refractivity contribution in [2.45, 2.75) is 25.0 Å². The third-order valence-corrected chi connectivity index (χ3v) is 5.33. The molecule has 8 heteroatoms. The first-order valence-corrected chi connectivity index (χ1v) is 10.3. The molecule has 0 aliphatic carbocycles. The number of rotatable bonds is 8. The number of benzene rings is 2. The van der Waals surface area contributed by atoms with Crippen LogP contribution in [-0.4, -0.2) is 39.4 Å². The number of nitrogens with one attached hydrogen (secondary N) is 2. The van der Waals surface area contributed by atoms with E-state index in [1.54, 1.807) is 31.6 Å². The van der Waals surface area contributed by atoms with Crippen LogP contribution in [0.2, 0.25) is 0 Å². The van der Waals surface area contributed by atoms with E-state index in [1.807, 2.05) is 28.8 Å². The third-order valence-electron chi connectivity index (χ3n) is 4.39. The summed E-state index contributed by atoms with van der Waals surface area (Å²) in [5, 5.41) is 14.3. The molecule has 2 N–H and O–H groups in total. The maximum atomic E-state index is 12.3. The van der Waals surface area contributed by atoms with E-state index in [-0.39, 0.29) is 17.6 Å². The number of carbonyl (C=O) groups excluding carboxylic acids is 2. The van der Waals surface area contributed by atoms with Crippen molar-refractivity contribution >= 4 is 23.6 Å². The maximum Gasteiger partial charge on any atom is 0.251 e. The summed E-state index contributed by atoms with van der Waals surface area (Å²) in [6.07, 6.45) is 2.56. The average Bonchev–Trinajstić information content (AvgIpc) is 3.24. The van der Waals surface area contributed by atoms with Crippen LogP contribution in [0.5, 0.6) is 0 Å². The van der Waals surface area contributed by atoms with Crippen LogP contribution in [0.25, 0.3) is 5.69 Å². The second kappa shape index (κ2) is 9.88. The Balaban J connectivity index is 1.59. The fourth-order valence-corrected chi connectivity index (χ4v) is 3.63. The van der Waals surface area contributed by atoms with Gasteiger partial charge in [0, 0.05) is 19.2 Å². The van der Waals surface area contributed by atoms with Crippen molar-refractivity contribution in [2.24, 2.45) is 0 Å². The molecule has 2 amide bonds. The van der Waals surface area contributed by atoms with Crippen LogP contribution >= 0.6 is 11.8 Å². The van der Waals surface area contributed by atoms with Crippen molar-refractivity contribution in [3.8, 4) is 5.69 Å². The van der Waals surface area contributed by atoms with E-state index in [4.69, 9.17) is 0 Å². The van der Waals surface area contributed by atoms with Gasteiger partial charge in [-0.05, 0) is 35.7 Å². The van der Waals surface area contributed by atoms with Crippen LogP contribution in [0.4, 0.5) is 0 Å². The summed E-state index contributed by atoms with van der Waals surface area (Å²) in [7, 11) is 1.59. The molecule has 7 nitrogen and oxygen atoms in total. The second-order valence-electron chi connectivity index (χ2n) is 6.31. The number of carbonyl (C=O) groups is 2. The zero-order valence-corrected chi connectivity index (χ0v) is 17.2. The molecule has 0 saturated heterocycles. The molecule has 0 atom stereocenters. The first-order valence-electron chi connectivity index (χ1n) is 9.31. The highest BCUT2D eigenvalue weighted by molar-refractivity contribution is 7.99. The molecule has 0 spiro atoms. The lowest BCUT2D eigenvalue weighted by atomic mass is 10.1. The summed E-state index contributed by atoms with van der Waals surface area (Å²) in [6.45, 7) is 2.46. The van der Waals surface area contributed by atoms with Crippen LogP contribution in [0.3, 0.4) is 0 Å². The molecular weight excluding hydrogens is 386 g/mol. The van der Waals surface area contributed by atoms with Gasteiger partial charge >= 0.3 is 0 Å². The van der Waals surface area contributed by atoms with Crippen LogP contribution in [0, 0.1) is 0 Å². The molecule has 150 valence electrons. The SMILES string of the molecule is CCc1ccccc1-n1cnnc1SCC(=O)NCc1cccc(C(=O)NC)c1. The van der Waals surface area contributed by atoms with E-state index in [2.05, 4.69) is 33.8 Å². The normalized spacial score (nSPS) is 10.6. The lowest BCUT2D eigenvalue weighted by Crippen LogP contribution is -2.25. The monoisotopic (exact) mass is 409 g/mol. The molecular formula is C21H23N5O2S. The highest BCUT2D eigenvalue weighted by Gasteiger charge is 2.12. The van der Waals surface area contributed by atoms with Gasteiger partial charge in [-0.3, -0.25) is 14.2 Å². The van der Waals surface area contributed by atoms with Gasteiger partial charge < -0.3 is 10.6 Å². The van der Waals surface area contributed by atoms with Crippen molar-refractivity contribution in [2.75, 3.05) is 12.8 Å². The summed E-state index contributed by atoms with van der Waals surface area (Å²) in [4.78, 5) is 24.0. The van der Waals surface area contributed by atoms with Crippen molar-refractivity contribution < 1.29 is 9.59 Å². The zero-order chi connectivity index (χ0) is 20.6. The molecule has 0 fully saturated rings. The van der Waals surface area contributed by atoms with E-state index in [1.165, 1.54) is 17.3 Å². The Morgan fingerprint density at radius 1 is 1.14 bits per heavy atom. The van der Waals surface area contributed by atoms with Crippen LogP contribution in [0.15, 0.2) is 60.0 Å². The van der Waals surface area contributed by atoms with Gasteiger partial charge in [0.2, 0.25) is 5.91 Å². The molecule has 3 rings (SSSR count). The summed E-state index contributed by atoms with van der Waals surface area (Å²) in [6, 6.07) is 15.3. The Bertz CT molecular complexity index is 1000. The smallest absolute Gasteiger partial charge is 0.251 e. The van der Waals surface area contributed by atoms with E-state index >= 15 is 0 Å². The number of aryl methyl sites for hydroxylation is 1. The van der Waals surface area contributed by atoms with Crippen molar-refractivity contribution in [1.82, 2.24) is 25.4 Å². The Morgan fingerprint density at radius 3 is 2.76 bits per heavy atom. The predicted molar refractivity (Wildman–Crippen MR) is 113 cm³/mol. The number of aromatic nitrogens is 3. The quantitative estimate of drug-likeness (QED) is 0.558. The number of amides is 2. The van der Waals surface area contributed by atoms with Gasteiger partial charge in [-0.1, -0.05) is 49.0 Å². The molecule has 1 heterocycles. The number of thioether (sulfide) groups is 1. The van der Waals surface area contributed by atoms with Gasteiger partial charge in [-0.25, -0.2) is 0 Å². The number of para-hydroxylation sites is 1. The van der Waals surface area contributed by atoms with Gasteiger partial charge in [0.05, 0.1) is 11.4 Å². The van der Waals surface area contributed by atoms with E-state index in [0.717, 1.165) is 17.7 Å². The number of nitrogens with zero attached hydrogens (tertiary/aromatic N) is 3. The average molecular weight is 410 g/mol. The van der Waals surface area contributed by atoms with Crippen molar-refractivity contribution in [3.63, 3.8) is 0 Å². The third kappa shape index (κ3) is 5.23. The van der Waals surface area contributed by atoms with Gasteiger partial charge in [-0.2, -0.15) is 0 Å². The standard InChI is InChI=1S/C21H23N5O2S/c1-3-16-8-4-5-10-18(16)26-14-24-25-21(26)29-13-19(27)23-12-15-7-6-9-17(11-15)20(28)22-2/h4-11,14H,3,12-13H2,1-2H3,(H,22,28)(H,23,27). The Hall–Kier alpha value is -3.13. The summed E-state index contributed by atoms with van der Waals surface area (Å²) in [5.41, 5.74) is 3.64. The minimum absolute atomic E-state index is 0.112. The van der Waals surface area contributed by atoms with E-state index in [9.17, 15) is 9.59 Å². The van der Waals surface area contributed by atoms with Gasteiger partial charge in [0.1, 0.15) is 6.33 Å². The largest absolute Gasteiger partial charge is 0.355 e. The Kier molecular flexibility index (Phi) is 7.02. The van der Waals surface area contributed by atoms with Crippen LogP contribution in [-0.2, 0) is 17.8 Å². The minimum Gasteiger partial charge on any atom is -0.355 e. The number of hydrogen-bond donors (Lipinski definition) is 2. The lowest BCUT2D eigenvalue weighted by Gasteiger charge is -2.11. The summed E-state index contributed by atoms with van der Waals surface area (Å²) in [5.74, 6) is -0.0404. The lowest BCUT2D eigenvalue weighted by molar-refractivity contribution is -0.118.